The molecule has 0 spiro atoms. The molecule has 0 amide bonds. The molecule has 0 aliphatic rings. The summed E-state index contributed by atoms with van der Waals surface area (Å²) in [5.41, 5.74) is 4.97. The van der Waals surface area contributed by atoms with Gasteiger partial charge in [0.25, 0.3) is 0 Å². The van der Waals surface area contributed by atoms with E-state index in [1.165, 1.54) is 11.1 Å². The minimum atomic E-state index is 0. The van der Waals surface area contributed by atoms with Gasteiger partial charge in [-0.05, 0) is 79.4 Å². The SMILES string of the molecule is CC(C)=CCC/C(C)=C\C=O.CC(C)=CCC/C(C)=C\C=O.[Mg+2]. The Labute approximate surface area is 159 Å². The number of rotatable bonds is 8. The zero-order valence-electron chi connectivity index (χ0n) is 15.8. The van der Waals surface area contributed by atoms with Crippen molar-refractivity contribution >= 4 is 35.6 Å². The summed E-state index contributed by atoms with van der Waals surface area (Å²) in [5.74, 6) is 0. The minimum Gasteiger partial charge on any atom is -0.299 e. The Bertz CT molecular complexity index is 391. The Hall–Kier alpha value is -0.934. The van der Waals surface area contributed by atoms with E-state index in [-0.39, 0.29) is 23.1 Å². The van der Waals surface area contributed by atoms with Gasteiger partial charge in [0.1, 0.15) is 12.6 Å². The molecule has 0 rings (SSSR count). The second-order valence-electron chi connectivity index (χ2n) is 5.94. The summed E-state index contributed by atoms with van der Waals surface area (Å²) in [7, 11) is 0. The number of carbonyl (C=O) groups excluding carboxylic acids is 2. The summed E-state index contributed by atoms with van der Waals surface area (Å²) in [6, 6.07) is 0. The Morgan fingerprint density at radius 3 is 1.17 bits per heavy atom. The van der Waals surface area contributed by atoms with E-state index in [1.54, 1.807) is 12.2 Å². The van der Waals surface area contributed by atoms with Crippen molar-refractivity contribution in [2.75, 3.05) is 0 Å². The molecular weight excluding hydrogens is 297 g/mol. The summed E-state index contributed by atoms with van der Waals surface area (Å²) < 4.78 is 0. The van der Waals surface area contributed by atoms with Gasteiger partial charge in [0, 0.05) is 0 Å². The van der Waals surface area contributed by atoms with Gasteiger partial charge in [0.05, 0.1) is 0 Å². The van der Waals surface area contributed by atoms with Gasteiger partial charge in [-0.1, -0.05) is 34.4 Å². The molecule has 0 radical (unpaired) electrons. The first-order valence-electron chi connectivity index (χ1n) is 7.82. The van der Waals surface area contributed by atoms with Crippen LogP contribution in [0.1, 0.15) is 67.2 Å². The van der Waals surface area contributed by atoms with E-state index in [0.717, 1.165) is 49.4 Å². The fourth-order valence-electron chi connectivity index (χ4n) is 1.58. The van der Waals surface area contributed by atoms with Crippen molar-refractivity contribution in [2.45, 2.75) is 67.2 Å². The van der Waals surface area contributed by atoms with Crippen molar-refractivity contribution in [1.29, 1.82) is 0 Å². The maximum absolute atomic E-state index is 10.0. The number of hydrogen-bond donors (Lipinski definition) is 0. The van der Waals surface area contributed by atoms with Crippen LogP contribution in [0.4, 0.5) is 0 Å². The van der Waals surface area contributed by atoms with Crippen molar-refractivity contribution in [2.24, 2.45) is 0 Å². The van der Waals surface area contributed by atoms with Crippen LogP contribution in [0.2, 0.25) is 0 Å². The zero-order valence-corrected chi connectivity index (χ0v) is 17.2. The molecular formula is C20H32MgO2+2. The van der Waals surface area contributed by atoms with Gasteiger partial charge in [-0.3, -0.25) is 9.59 Å². The van der Waals surface area contributed by atoms with Gasteiger partial charge in [0.2, 0.25) is 0 Å². The van der Waals surface area contributed by atoms with Crippen molar-refractivity contribution in [3.8, 4) is 0 Å². The third-order valence-electron chi connectivity index (χ3n) is 2.89. The summed E-state index contributed by atoms with van der Waals surface area (Å²) in [5, 5.41) is 0. The number of hydrogen-bond acceptors (Lipinski definition) is 2. The predicted molar refractivity (Wildman–Crippen MR) is 103 cm³/mol. The fourth-order valence-corrected chi connectivity index (χ4v) is 1.58. The molecule has 0 saturated heterocycles. The molecule has 0 fully saturated rings. The van der Waals surface area contributed by atoms with E-state index in [0.29, 0.717) is 0 Å². The predicted octanol–water partition coefficient (Wildman–Crippen LogP) is 5.38. The van der Waals surface area contributed by atoms with E-state index in [9.17, 15) is 9.59 Å². The average Bonchev–Trinajstić information content (AvgIpc) is 2.39. The topological polar surface area (TPSA) is 34.1 Å². The molecule has 0 aromatic rings. The van der Waals surface area contributed by atoms with Gasteiger partial charge in [-0.2, -0.15) is 0 Å². The molecule has 0 aromatic carbocycles. The third kappa shape index (κ3) is 26.3. The van der Waals surface area contributed by atoms with Crippen molar-refractivity contribution in [3.05, 3.63) is 46.6 Å². The summed E-state index contributed by atoms with van der Waals surface area (Å²) in [6.07, 6.45) is 13.4. The molecule has 0 saturated carbocycles. The summed E-state index contributed by atoms with van der Waals surface area (Å²) >= 11 is 0. The maximum atomic E-state index is 10.0. The van der Waals surface area contributed by atoms with Crippen molar-refractivity contribution in [1.82, 2.24) is 0 Å². The Kier molecular flexibility index (Phi) is 22.4. The molecule has 23 heavy (non-hydrogen) atoms. The van der Waals surface area contributed by atoms with E-state index in [2.05, 4.69) is 39.8 Å². The molecule has 0 unspecified atom stereocenters. The molecule has 0 aliphatic heterocycles. The zero-order chi connectivity index (χ0) is 17.4. The van der Waals surface area contributed by atoms with Crippen LogP contribution in [0.5, 0.6) is 0 Å². The van der Waals surface area contributed by atoms with Crippen LogP contribution in [0.3, 0.4) is 0 Å². The molecule has 124 valence electrons. The monoisotopic (exact) mass is 328 g/mol. The van der Waals surface area contributed by atoms with Gasteiger partial charge in [0.15, 0.2) is 0 Å². The van der Waals surface area contributed by atoms with Crippen LogP contribution in [0, 0.1) is 0 Å². The third-order valence-corrected chi connectivity index (χ3v) is 2.89. The van der Waals surface area contributed by atoms with E-state index in [4.69, 9.17) is 0 Å². The summed E-state index contributed by atoms with van der Waals surface area (Å²) in [4.78, 5) is 20.0. The maximum Gasteiger partial charge on any atom is 2.00 e. The van der Waals surface area contributed by atoms with E-state index < -0.39 is 0 Å². The van der Waals surface area contributed by atoms with E-state index >= 15 is 0 Å². The van der Waals surface area contributed by atoms with E-state index in [1.807, 2.05) is 13.8 Å². The summed E-state index contributed by atoms with van der Waals surface area (Å²) in [6.45, 7) is 12.3. The standard InChI is InChI=1S/2C10H16O.Mg/c2*1-9(2)5-4-6-10(3)7-8-11;/h2*5,7-8H,4,6H2,1-3H3;/q;;+2/b2*10-7-;. The normalized spacial score (nSPS) is 10.5. The molecule has 0 heterocycles. The molecule has 0 bridgehead atoms. The smallest absolute Gasteiger partial charge is 0.299 e. The van der Waals surface area contributed by atoms with Crippen molar-refractivity contribution in [3.63, 3.8) is 0 Å². The van der Waals surface area contributed by atoms with Crippen LogP contribution in [0.25, 0.3) is 0 Å². The van der Waals surface area contributed by atoms with Gasteiger partial charge >= 0.3 is 23.1 Å². The van der Waals surface area contributed by atoms with Crippen LogP contribution in [0.15, 0.2) is 46.6 Å². The molecule has 0 N–H and O–H groups in total. The first-order chi connectivity index (χ1) is 10.3. The van der Waals surface area contributed by atoms with Crippen molar-refractivity contribution < 1.29 is 9.59 Å². The Morgan fingerprint density at radius 2 is 0.957 bits per heavy atom. The van der Waals surface area contributed by atoms with Crippen LogP contribution in [-0.4, -0.2) is 35.6 Å². The van der Waals surface area contributed by atoms with Gasteiger partial charge < -0.3 is 0 Å². The van der Waals surface area contributed by atoms with Gasteiger partial charge in [-0.15, -0.1) is 0 Å². The molecule has 2 nitrogen and oxygen atoms in total. The number of aldehydes is 2. The van der Waals surface area contributed by atoms with Crippen LogP contribution < -0.4 is 0 Å². The first-order valence-corrected chi connectivity index (χ1v) is 7.82. The average molecular weight is 329 g/mol. The first kappa shape index (κ1) is 26.9. The largest absolute Gasteiger partial charge is 2.00 e. The Morgan fingerprint density at radius 1 is 0.652 bits per heavy atom. The molecule has 3 heteroatoms. The second-order valence-corrected chi connectivity index (χ2v) is 5.94. The van der Waals surface area contributed by atoms with Gasteiger partial charge in [-0.25, -0.2) is 0 Å². The minimum absolute atomic E-state index is 0. The quantitative estimate of drug-likeness (QED) is 0.259. The number of allylic oxidation sites excluding steroid dienone is 8. The van der Waals surface area contributed by atoms with Crippen LogP contribution in [-0.2, 0) is 9.59 Å². The molecule has 0 aliphatic carbocycles. The second kappa shape index (κ2) is 19.1. The Balaban J connectivity index is -0.000000333. The van der Waals surface area contributed by atoms with Crippen LogP contribution >= 0.6 is 0 Å². The molecule has 0 atom stereocenters. The fraction of sp³-hybridized carbons (Fsp3) is 0.500. The molecule has 0 aromatic heterocycles. The number of carbonyl (C=O) groups is 2.